The van der Waals surface area contributed by atoms with Crippen LogP contribution in [0, 0.1) is 40.4 Å². The molecule has 158 valence electrons. The van der Waals surface area contributed by atoms with E-state index >= 15 is 0 Å². The van der Waals surface area contributed by atoms with Crippen molar-refractivity contribution in [3.63, 3.8) is 0 Å². The van der Waals surface area contributed by atoms with Crippen molar-refractivity contribution in [2.75, 3.05) is 0 Å². The van der Waals surface area contributed by atoms with Gasteiger partial charge in [-0.2, -0.15) is 0 Å². The lowest BCUT2D eigenvalue weighted by atomic mass is 9.44. The highest BCUT2D eigenvalue weighted by Gasteiger charge is 2.60. The maximum Gasteiger partial charge on any atom is 0.303 e. The zero-order chi connectivity index (χ0) is 19.9. The second kappa shape index (κ2) is 7.76. The normalized spacial score (nSPS) is 45.2. The van der Waals surface area contributed by atoms with Crippen LogP contribution in [0.15, 0.2) is 0 Å². The molecule has 0 radical (unpaired) electrons. The standard InChI is InChI=1S/C25H40O3/c1-24-14-12-17(6-4-3-5-7-23(27)28)16-18(24)8-9-19-20-10-11-22(26)25(20,2)15-13-21(19)24/h17-21H,3-16H2,1-2H3,(H,27,28)/t17-,18?,19?,20?,21?,24-,25-/m0/s1. The Morgan fingerprint density at radius 2 is 1.82 bits per heavy atom. The molecule has 4 fully saturated rings. The molecule has 0 heterocycles. The molecule has 28 heavy (non-hydrogen) atoms. The van der Waals surface area contributed by atoms with Gasteiger partial charge < -0.3 is 5.11 Å². The molecule has 0 aromatic rings. The molecule has 0 aliphatic heterocycles. The van der Waals surface area contributed by atoms with E-state index in [1.54, 1.807) is 0 Å². The van der Waals surface area contributed by atoms with E-state index in [-0.39, 0.29) is 5.41 Å². The summed E-state index contributed by atoms with van der Waals surface area (Å²) in [5.41, 5.74) is 0.521. The summed E-state index contributed by atoms with van der Waals surface area (Å²) >= 11 is 0. The molecular weight excluding hydrogens is 348 g/mol. The Labute approximate surface area is 171 Å². The molecule has 0 bridgehead atoms. The number of carboxylic acids is 1. The van der Waals surface area contributed by atoms with E-state index in [0.717, 1.165) is 55.8 Å². The average Bonchev–Trinajstić information content (AvgIpc) is 2.96. The number of unbranched alkanes of at least 4 members (excludes halogenated alkanes) is 2. The smallest absolute Gasteiger partial charge is 0.303 e. The van der Waals surface area contributed by atoms with Crippen LogP contribution >= 0.6 is 0 Å². The minimum atomic E-state index is -0.655. The molecule has 0 aromatic carbocycles. The number of ketones is 1. The van der Waals surface area contributed by atoms with Crippen molar-refractivity contribution >= 4 is 11.8 Å². The van der Waals surface area contributed by atoms with E-state index in [9.17, 15) is 9.59 Å². The van der Waals surface area contributed by atoms with Crippen LogP contribution in [0.4, 0.5) is 0 Å². The summed E-state index contributed by atoms with van der Waals surface area (Å²) in [4.78, 5) is 23.2. The first-order valence-corrected chi connectivity index (χ1v) is 12.1. The van der Waals surface area contributed by atoms with E-state index in [0.29, 0.717) is 23.5 Å². The molecule has 7 atom stereocenters. The molecule has 4 unspecified atom stereocenters. The summed E-state index contributed by atoms with van der Waals surface area (Å²) in [6.07, 6.45) is 16.1. The Kier molecular flexibility index (Phi) is 5.66. The number of fused-ring (bicyclic) bond motifs is 5. The zero-order valence-electron chi connectivity index (χ0n) is 18.0. The van der Waals surface area contributed by atoms with Crippen molar-refractivity contribution in [1.29, 1.82) is 0 Å². The first kappa shape index (κ1) is 20.4. The number of hydrogen-bond acceptors (Lipinski definition) is 2. The minimum Gasteiger partial charge on any atom is -0.481 e. The monoisotopic (exact) mass is 388 g/mol. The zero-order valence-corrected chi connectivity index (χ0v) is 18.0. The molecule has 0 saturated heterocycles. The van der Waals surface area contributed by atoms with Crippen LogP contribution in [0.3, 0.4) is 0 Å². The summed E-state index contributed by atoms with van der Waals surface area (Å²) < 4.78 is 0. The van der Waals surface area contributed by atoms with Crippen LogP contribution in [-0.4, -0.2) is 16.9 Å². The van der Waals surface area contributed by atoms with Gasteiger partial charge in [0.1, 0.15) is 5.78 Å². The van der Waals surface area contributed by atoms with Gasteiger partial charge in [0.05, 0.1) is 0 Å². The van der Waals surface area contributed by atoms with Gasteiger partial charge in [0.15, 0.2) is 0 Å². The highest BCUT2D eigenvalue weighted by atomic mass is 16.4. The second-order valence-corrected chi connectivity index (χ2v) is 11.2. The number of hydrogen-bond donors (Lipinski definition) is 1. The topological polar surface area (TPSA) is 54.4 Å². The fraction of sp³-hybridized carbons (Fsp3) is 0.920. The highest BCUT2D eigenvalue weighted by molar-refractivity contribution is 5.87. The molecular formula is C25H40O3. The summed E-state index contributed by atoms with van der Waals surface area (Å²) in [5, 5.41) is 8.78. The molecule has 0 amide bonds. The van der Waals surface area contributed by atoms with Gasteiger partial charge in [-0.1, -0.05) is 33.1 Å². The summed E-state index contributed by atoms with van der Waals surface area (Å²) in [5.74, 6) is 3.98. The van der Waals surface area contributed by atoms with Gasteiger partial charge in [-0.3, -0.25) is 9.59 Å². The van der Waals surface area contributed by atoms with E-state index in [1.165, 1.54) is 51.4 Å². The number of rotatable bonds is 6. The first-order valence-electron chi connectivity index (χ1n) is 12.1. The fourth-order valence-corrected chi connectivity index (χ4v) is 8.27. The van der Waals surface area contributed by atoms with Crippen LogP contribution in [0.1, 0.15) is 104 Å². The van der Waals surface area contributed by atoms with Crippen LogP contribution < -0.4 is 0 Å². The Bertz CT molecular complexity index is 613. The van der Waals surface area contributed by atoms with E-state index in [4.69, 9.17) is 5.11 Å². The third-order valence-electron chi connectivity index (χ3n) is 9.99. The van der Waals surface area contributed by atoms with Crippen molar-refractivity contribution < 1.29 is 14.7 Å². The third kappa shape index (κ3) is 3.45. The van der Waals surface area contributed by atoms with Gasteiger partial charge in [0, 0.05) is 18.3 Å². The van der Waals surface area contributed by atoms with E-state index < -0.39 is 5.97 Å². The Morgan fingerprint density at radius 1 is 1.00 bits per heavy atom. The predicted octanol–water partition coefficient (Wildman–Crippen LogP) is 6.25. The largest absolute Gasteiger partial charge is 0.481 e. The van der Waals surface area contributed by atoms with E-state index in [2.05, 4.69) is 13.8 Å². The molecule has 3 nitrogen and oxygen atoms in total. The van der Waals surface area contributed by atoms with Crippen LogP contribution in [0.5, 0.6) is 0 Å². The van der Waals surface area contributed by atoms with Gasteiger partial charge in [0.25, 0.3) is 0 Å². The molecule has 0 spiro atoms. The van der Waals surface area contributed by atoms with Gasteiger partial charge >= 0.3 is 5.97 Å². The average molecular weight is 389 g/mol. The summed E-state index contributed by atoms with van der Waals surface area (Å²) in [6.45, 7) is 4.90. The summed E-state index contributed by atoms with van der Waals surface area (Å²) in [6, 6.07) is 0. The molecule has 4 aliphatic rings. The van der Waals surface area contributed by atoms with Crippen molar-refractivity contribution in [3.8, 4) is 0 Å². The number of Topliss-reactive ketones (excluding diaryl/α,β-unsaturated/α-hetero) is 1. The van der Waals surface area contributed by atoms with Crippen molar-refractivity contribution in [2.45, 2.75) is 104 Å². The van der Waals surface area contributed by atoms with Gasteiger partial charge in [0.2, 0.25) is 0 Å². The Balaban J connectivity index is 1.34. The Hall–Kier alpha value is -0.860. The first-order chi connectivity index (χ1) is 13.3. The molecule has 3 heteroatoms. The molecule has 4 rings (SSSR count). The van der Waals surface area contributed by atoms with E-state index in [1.807, 2.05) is 0 Å². The number of aliphatic carboxylic acids is 1. The van der Waals surface area contributed by atoms with Crippen LogP contribution in [0.2, 0.25) is 0 Å². The SMILES string of the molecule is C[C@]12CC[C@H](CCCCCC(=O)O)CC1CCC1C2CC[C@]2(C)C(=O)CCC12. The fourth-order valence-electron chi connectivity index (χ4n) is 8.27. The maximum absolute atomic E-state index is 12.6. The lowest BCUT2D eigenvalue weighted by molar-refractivity contribution is -0.140. The lowest BCUT2D eigenvalue weighted by Crippen LogP contribution is -2.53. The number of carbonyl (C=O) groups is 2. The Morgan fingerprint density at radius 3 is 2.61 bits per heavy atom. The number of carbonyl (C=O) groups excluding carboxylic acids is 1. The predicted molar refractivity (Wildman–Crippen MR) is 111 cm³/mol. The van der Waals surface area contributed by atoms with Crippen LogP contribution in [-0.2, 0) is 9.59 Å². The molecule has 0 aromatic heterocycles. The highest BCUT2D eigenvalue weighted by Crippen LogP contribution is 2.66. The van der Waals surface area contributed by atoms with Crippen molar-refractivity contribution in [3.05, 3.63) is 0 Å². The second-order valence-electron chi connectivity index (χ2n) is 11.2. The van der Waals surface area contributed by atoms with Crippen LogP contribution in [0.25, 0.3) is 0 Å². The molecule has 4 aliphatic carbocycles. The molecule has 4 saturated carbocycles. The minimum absolute atomic E-state index is 0.0114. The van der Waals surface area contributed by atoms with Gasteiger partial charge in [-0.25, -0.2) is 0 Å². The van der Waals surface area contributed by atoms with Crippen molar-refractivity contribution in [1.82, 2.24) is 0 Å². The lowest BCUT2D eigenvalue weighted by Gasteiger charge is -2.60. The quantitative estimate of drug-likeness (QED) is 0.547. The summed E-state index contributed by atoms with van der Waals surface area (Å²) in [7, 11) is 0. The molecule has 1 N–H and O–H groups in total. The number of carboxylic acid groups (broad SMARTS) is 1. The van der Waals surface area contributed by atoms with Crippen molar-refractivity contribution in [2.24, 2.45) is 40.4 Å². The van der Waals surface area contributed by atoms with Gasteiger partial charge in [-0.05, 0) is 92.8 Å². The maximum atomic E-state index is 12.6. The van der Waals surface area contributed by atoms with Gasteiger partial charge in [-0.15, -0.1) is 0 Å². The third-order valence-corrected chi connectivity index (χ3v) is 9.99.